The number of hydrogen-bond donors (Lipinski definition) is 0. The summed E-state index contributed by atoms with van der Waals surface area (Å²) in [4.78, 5) is 2.39. The van der Waals surface area contributed by atoms with E-state index in [2.05, 4.69) is 302 Å². The lowest BCUT2D eigenvalue weighted by Gasteiger charge is -2.34. The Kier molecular flexibility index (Phi) is 10.8. The van der Waals surface area contributed by atoms with Crippen molar-refractivity contribution in [2.75, 3.05) is 4.90 Å². The minimum absolute atomic E-state index is 0.463. The molecular weight excluding hydrogens is 867 g/mol. The first kappa shape index (κ1) is 42.8. The fourth-order valence-electron chi connectivity index (χ4n) is 11.4. The highest BCUT2D eigenvalue weighted by atomic mass is 15.1. The van der Waals surface area contributed by atoms with E-state index in [-0.39, 0.29) is 0 Å². The molecule has 72 heavy (non-hydrogen) atoms. The topological polar surface area (TPSA) is 3.24 Å². The molecule has 1 heteroatoms. The Balaban J connectivity index is 0.906. The smallest absolute Gasteiger partial charge is 0.0713 e. The van der Waals surface area contributed by atoms with Gasteiger partial charge in [0.1, 0.15) is 0 Å². The first-order valence-corrected chi connectivity index (χ1v) is 24.9. The maximum atomic E-state index is 2.45. The van der Waals surface area contributed by atoms with Gasteiger partial charge in [-0.2, -0.15) is 0 Å². The molecule has 0 fully saturated rings. The fourth-order valence-corrected chi connectivity index (χ4v) is 11.4. The van der Waals surface area contributed by atoms with Crippen LogP contribution in [0.5, 0.6) is 0 Å². The van der Waals surface area contributed by atoms with Gasteiger partial charge in [0.15, 0.2) is 0 Å². The van der Waals surface area contributed by atoms with Crippen LogP contribution >= 0.6 is 0 Å². The number of benzene rings is 12. The SMILES string of the molecule is c1ccc(-c2cccc(-c3ccc(N(c4ccc(-c5ccc6c(c5)C(c5ccccc5)(c5ccccc5)c5ccccc5-6)cc4)c4cccc(-c5cccc(-c6cccc7ccccc67)c5)c4)cc3)c2)cc1. The van der Waals surface area contributed by atoms with Gasteiger partial charge in [0, 0.05) is 17.1 Å². The molecule has 338 valence electrons. The third-order valence-electron chi connectivity index (χ3n) is 14.7. The summed E-state index contributed by atoms with van der Waals surface area (Å²) >= 11 is 0. The van der Waals surface area contributed by atoms with Crippen LogP contribution in [0.15, 0.2) is 297 Å². The maximum absolute atomic E-state index is 2.45. The van der Waals surface area contributed by atoms with Gasteiger partial charge in [0.05, 0.1) is 5.41 Å². The van der Waals surface area contributed by atoms with Crippen LogP contribution in [0.1, 0.15) is 22.3 Å². The van der Waals surface area contributed by atoms with Crippen molar-refractivity contribution in [3.05, 3.63) is 320 Å². The van der Waals surface area contributed by atoms with Crippen LogP contribution in [0.3, 0.4) is 0 Å². The summed E-state index contributed by atoms with van der Waals surface area (Å²) in [6.07, 6.45) is 0. The van der Waals surface area contributed by atoms with Gasteiger partial charge in [0.2, 0.25) is 0 Å². The van der Waals surface area contributed by atoms with Crippen molar-refractivity contribution in [1.29, 1.82) is 0 Å². The zero-order valence-corrected chi connectivity index (χ0v) is 39.7. The minimum Gasteiger partial charge on any atom is -0.310 e. The normalized spacial score (nSPS) is 12.3. The van der Waals surface area contributed by atoms with Crippen LogP contribution in [-0.2, 0) is 5.41 Å². The molecule has 13 rings (SSSR count). The van der Waals surface area contributed by atoms with Gasteiger partial charge in [-0.25, -0.2) is 0 Å². The second-order valence-electron chi connectivity index (χ2n) is 18.8. The summed E-state index contributed by atoms with van der Waals surface area (Å²) in [7, 11) is 0. The lowest BCUT2D eigenvalue weighted by atomic mass is 9.67. The molecule has 0 spiro atoms. The fraction of sp³-hybridized carbons (Fsp3) is 0.0141. The average Bonchev–Trinajstić information content (AvgIpc) is 3.76. The van der Waals surface area contributed by atoms with Crippen molar-refractivity contribution in [2.45, 2.75) is 5.41 Å². The molecule has 0 bridgehead atoms. The van der Waals surface area contributed by atoms with Crippen LogP contribution in [0, 0.1) is 0 Å². The highest BCUT2D eigenvalue weighted by molar-refractivity contribution is 5.97. The maximum Gasteiger partial charge on any atom is 0.0713 e. The van der Waals surface area contributed by atoms with E-state index in [1.165, 1.54) is 94.2 Å². The van der Waals surface area contributed by atoms with E-state index in [0.717, 1.165) is 22.6 Å². The van der Waals surface area contributed by atoms with E-state index >= 15 is 0 Å². The number of hydrogen-bond acceptors (Lipinski definition) is 1. The summed E-state index contributed by atoms with van der Waals surface area (Å²) in [6, 6.07) is 109. The summed E-state index contributed by atoms with van der Waals surface area (Å²) in [5, 5.41) is 2.50. The first-order valence-electron chi connectivity index (χ1n) is 24.9. The van der Waals surface area contributed by atoms with Crippen molar-refractivity contribution in [2.24, 2.45) is 0 Å². The van der Waals surface area contributed by atoms with Gasteiger partial charge in [-0.1, -0.05) is 243 Å². The minimum atomic E-state index is -0.463. The van der Waals surface area contributed by atoms with Gasteiger partial charge in [-0.3, -0.25) is 0 Å². The van der Waals surface area contributed by atoms with Crippen LogP contribution in [0.4, 0.5) is 17.1 Å². The van der Waals surface area contributed by atoms with Crippen LogP contribution in [0.2, 0.25) is 0 Å². The van der Waals surface area contributed by atoms with Crippen molar-refractivity contribution in [3.63, 3.8) is 0 Å². The number of rotatable bonds is 10. The Bertz CT molecular complexity index is 3850. The Labute approximate surface area is 422 Å². The zero-order valence-electron chi connectivity index (χ0n) is 39.7. The van der Waals surface area contributed by atoms with E-state index in [9.17, 15) is 0 Å². The molecule has 0 unspecified atom stereocenters. The molecule has 1 nitrogen and oxygen atoms in total. The molecule has 0 radical (unpaired) electrons. The van der Waals surface area contributed by atoms with Gasteiger partial charge < -0.3 is 4.90 Å². The molecule has 0 atom stereocenters. The predicted octanol–water partition coefficient (Wildman–Crippen LogP) is 19.0. The quantitative estimate of drug-likeness (QED) is 0.132. The lowest BCUT2D eigenvalue weighted by molar-refractivity contribution is 0.769. The van der Waals surface area contributed by atoms with E-state index in [1.807, 2.05) is 0 Å². The number of anilines is 3. The third-order valence-corrected chi connectivity index (χ3v) is 14.7. The second kappa shape index (κ2) is 18.2. The highest BCUT2D eigenvalue weighted by Gasteiger charge is 2.46. The summed E-state index contributed by atoms with van der Waals surface area (Å²) in [5.41, 5.74) is 22.4. The number of nitrogens with zero attached hydrogens (tertiary/aromatic N) is 1. The molecular formula is C71H49N. The Morgan fingerprint density at radius 3 is 1.31 bits per heavy atom. The summed E-state index contributed by atoms with van der Waals surface area (Å²) in [5.74, 6) is 0. The molecule has 1 aliphatic carbocycles. The average molecular weight is 916 g/mol. The monoisotopic (exact) mass is 915 g/mol. The molecule has 0 heterocycles. The summed E-state index contributed by atoms with van der Waals surface area (Å²) < 4.78 is 0. The number of fused-ring (bicyclic) bond motifs is 4. The van der Waals surface area contributed by atoms with Gasteiger partial charge in [0.25, 0.3) is 0 Å². The molecule has 0 saturated heterocycles. The van der Waals surface area contributed by atoms with E-state index in [4.69, 9.17) is 0 Å². The molecule has 0 amide bonds. The van der Waals surface area contributed by atoms with Crippen molar-refractivity contribution >= 4 is 27.8 Å². The molecule has 1 aliphatic rings. The van der Waals surface area contributed by atoms with Crippen molar-refractivity contribution < 1.29 is 0 Å². The molecule has 0 aromatic heterocycles. The Morgan fingerprint density at radius 1 is 0.222 bits per heavy atom. The van der Waals surface area contributed by atoms with E-state index < -0.39 is 5.41 Å². The predicted molar refractivity (Wildman–Crippen MR) is 303 cm³/mol. The Hall–Kier alpha value is -9.30. The molecule has 0 aliphatic heterocycles. The van der Waals surface area contributed by atoms with Gasteiger partial charge in [-0.05, 0) is 154 Å². The molecule has 0 saturated carbocycles. The molecule has 0 N–H and O–H groups in total. The second-order valence-corrected chi connectivity index (χ2v) is 18.8. The van der Waals surface area contributed by atoms with Crippen LogP contribution in [0.25, 0.3) is 77.5 Å². The van der Waals surface area contributed by atoms with E-state index in [1.54, 1.807) is 0 Å². The highest BCUT2D eigenvalue weighted by Crippen LogP contribution is 2.57. The standard InChI is InChI=1S/C71H49N/c1-4-18-50(19-5-1)54-22-14-23-55(46-54)51-36-41-62(42-37-51)72(64-31-16-25-57(48-64)56-24-15-26-59(47-56)66-34-17-21-53-20-10-11-32-65(53)66)63-43-38-52(39-44-63)58-40-45-68-67-33-12-13-35-69(67)71(70(68)49-58,60-27-6-2-7-28-60)61-29-8-3-9-30-61/h1-49H. The van der Waals surface area contributed by atoms with E-state index in [0.29, 0.717) is 0 Å². The zero-order chi connectivity index (χ0) is 47.8. The third kappa shape index (κ3) is 7.51. The van der Waals surface area contributed by atoms with Crippen molar-refractivity contribution in [1.82, 2.24) is 0 Å². The Morgan fingerprint density at radius 2 is 0.639 bits per heavy atom. The van der Waals surface area contributed by atoms with Gasteiger partial charge >= 0.3 is 0 Å². The first-order chi connectivity index (χ1) is 35.7. The molecule has 12 aromatic carbocycles. The lowest BCUT2D eigenvalue weighted by Crippen LogP contribution is -2.28. The van der Waals surface area contributed by atoms with Crippen LogP contribution < -0.4 is 4.90 Å². The summed E-state index contributed by atoms with van der Waals surface area (Å²) in [6.45, 7) is 0. The molecule has 12 aromatic rings. The van der Waals surface area contributed by atoms with Crippen LogP contribution in [-0.4, -0.2) is 0 Å². The van der Waals surface area contributed by atoms with Gasteiger partial charge in [-0.15, -0.1) is 0 Å². The largest absolute Gasteiger partial charge is 0.310 e. The van der Waals surface area contributed by atoms with Crippen molar-refractivity contribution in [3.8, 4) is 66.8 Å².